The van der Waals surface area contributed by atoms with Crippen molar-refractivity contribution in [2.75, 3.05) is 18.4 Å². The number of nitrogens with one attached hydrogen (secondary N) is 1. The number of nitrogens with zero attached hydrogens (tertiary/aromatic N) is 4. The number of carbonyl (C=O) groups is 2. The van der Waals surface area contributed by atoms with Crippen LogP contribution in [0.15, 0.2) is 24.3 Å². The van der Waals surface area contributed by atoms with Gasteiger partial charge in [-0.15, -0.1) is 0 Å². The van der Waals surface area contributed by atoms with Crippen LogP contribution < -0.4 is 5.32 Å². The van der Waals surface area contributed by atoms with Crippen molar-refractivity contribution in [3.8, 4) is 6.07 Å². The Morgan fingerprint density at radius 2 is 2.00 bits per heavy atom. The van der Waals surface area contributed by atoms with Gasteiger partial charge in [-0.2, -0.15) is 5.26 Å². The number of carbonyl (C=O) groups excluding carboxylic acids is 2. The number of pyridine rings is 1. The highest BCUT2D eigenvalue weighted by Gasteiger charge is 2.27. The van der Waals surface area contributed by atoms with E-state index in [1.807, 2.05) is 6.07 Å². The molecular formula is C17H15N5O4. The van der Waals surface area contributed by atoms with Crippen LogP contribution >= 0.6 is 0 Å². The summed E-state index contributed by atoms with van der Waals surface area (Å²) < 4.78 is 0. The Morgan fingerprint density at radius 3 is 2.65 bits per heavy atom. The molecule has 132 valence electrons. The molecule has 26 heavy (non-hydrogen) atoms. The molecule has 0 aliphatic carbocycles. The summed E-state index contributed by atoms with van der Waals surface area (Å²) in [6.07, 6.45) is 1.10. The van der Waals surface area contributed by atoms with Gasteiger partial charge in [-0.25, -0.2) is 4.98 Å². The summed E-state index contributed by atoms with van der Waals surface area (Å²) in [6, 6.07) is 7.72. The first kappa shape index (κ1) is 17.3. The molecule has 0 unspecified atom stereocenters. The maximum atomic E-state index is 11.5. The number of aromatic nitrogens is 1. The Morgan fingerprint density at radius 1 is 1.27 bits per heavy atom. The summed E-state index contributed by atoms with van der Waals surface area (Å²) in [5.74, 6) is 0.168. The highest BCUT2D eigenvalue weighted by molar-refractivity contribution is 6.01. The lowest BCUT2D eigenvalue weighted by molar-refractivity contribution is -0.384. The van der Waals surface area contributed by atoms with Gasteiger partial charge in [0.15, 0.2) is 0 Å². The highest BCUT2D eigenvalue weighted by Crippen LogP contribution is 2.25. The van der Waals surface area contributed by atoms with Crippen molar-refractivity contribution in [3.63, 3.8) is 0 Å². The molecule has 1 N–H and O–H groups in total. The van der Waals surface area contributed by atoms with E-state index in [9.17, 15) is 25.0 Å². The van der Waals surface area contributed by atoms with Crippen molar-refractivity contribution < 1.29 is 14.5 Å². The van der Waals surface area contributed by atoms with Crippen LogP contribution in [0.5, 0.6) is 0 Å². The van der Waals surface area contributed by atoms with E-state index in [2.05, 4.69) is 10.3 Å². The van der Waals surface area contributed by atoms with Gasteiger partial charge in [0.05, 0.1) is 22.1 Å². The third kappa shape index (κ3) is 3.44. The molecule has 1 fully saturated rings. The molecular weight excluding hydrogens is 338 g/mol. The predicted octanol–water partition coefficient (Wildman–Crippen LogP) is 1.97. The number of hydrogen-bond donors (Lipinski definition) is 1. The second-order valence-corrected chi connectivity index (χ2v) is 5.84. The van der Waals surface area contributed by atoms with E-state index >= 15 is 0 Å². The average Bonchev–Trinajstić information content (AvgIpc) is 2.95. The Bertz CT molecular complexity index is 934. The van der Waals surface area contributed by atoms with Crippen molar-refractivity contribution in [2.24, 2.45) is 0 Å². The topological polar surface area (TPSA) is 129 Å². The lowest BCUT2D eigenvalue weighted by Crippen LogP contribution is -2.31. The normalized spacial score (nSPS) is 13.9. The smallest absolute Gasteiger partial charge is 0.270 e. The molecule has 0 atom stereocenters. The molecule has 2 heterocycles. The zero-order valence-corrected chi connectivity index (χ0v) is 13.8. The number of rotatable bonds is 6. The summed E-state index contributed by atoms with van der Waals surface area (Å²) in [5.41, 5.74) is 0.657. The van der Waals surface area contributed by atoms with E-state index in [4.69, 9.17) is 0 Å². The molecule has 0 bridgehead atoms. The van der Waals surface area contributed by atoms with Gasteiger partial charge < -0.3 is 5.32 Å². The number of amides is 2. The van der Waals surface area contributed by atoms with Crippen molar-refractivity contribution in [3.05, 3.63) is 39.9 Å². The fourth-order valence-corrected chi connectivity index (χ4v) is 2.84. The SMILES string of the molecule is N#Cc1cc(NCCCN2C(=O)CCC2=O)nc2ccc([N+](=O)[O-])cc12. The molecule has 1 aliphatic heterocycles. The number of non-ortho nitro benzene ring substituents is 1. The standard InChI is InChI=1S/C17H15N5O4/c18-10-11-8-15(19-6-1-7-21-16(23)4-5-17(21)24)20-14-3-2-12(22(25)26)9-13(11)14/h2-3,8-9H,1,4-7H2,(H,19,20). The van der Waals surface area contributed by atoms with Gasteiger partial charge in [0.25, 0.3) is 5.69 Å². The zero-order valence-electron chi connectivity index (χ0n) is 13.8. The van der Waals surface area contributed by atoms with E-state index in [1.165, 1.54) is 29.2 Å². The summed E-state index contributed by atoms with van der Waals surface area (Å²) in [6.45, 7) is 0.808. The molecule has 2 amide bonds. The minimum absolute atomic E-state index is 0.101. The minimum Gasteiger partial charge on any atom is -0.370 e. The lowest BCUT2D eigenvalue weighted by Gasteiger charge is -2.14. The average molecular weight is 353 g/mol. The molecule has 1 aromatic heterocycles. The minimum atomic E-state index is -0.520. The van der Waals surface area contributed by atoms with Gasteiger partial charge in [-0.05, 0) is 18.6 Å². The van der Waals surface area contributed by atoms with Gasteiger partial charge in [-0.1, -0.05) is 0 Å². The number of nitriles is 1. The summed E-state index contributed by atoms with van der Waals surface area (Å²) in [4.78, 5) is 39.1. The van der Waals surface area contributed by atoms with Gasteiger partial charge in [0.2, 0.25) is 11.8 Å². The number of nitro benzene ring substituents is 1. The number of hydrogen-bond acceptors (Lipinski definition) is 7. The Kier molecular flexibility index (Phi) is 4.75. The molecule has 0 spiro atoms. The highest BCUT2D eigenvalue weighted by atomic mass is 16.6. The zero-order chi connectivity index (χ0) is 18.7. The second kappa shape index (κ2) is 7.14. The fourth-order valence-electron chi connectivity index (χ4n) is 2.84. The maximum absolute atomic E-state index is 11.5. The summed E-state index contributed by atoms with van der Waals surface area (Å²) >= 11 is 0. The maximum Gasteiger partial charge on any atom is 0.270 e. The predicted molar refractivity (Wildman–Crippen MR) is 92.2 cm³/mol. The van der Waals surface area contributed by atoms with Crippen molar-refractivity contribution in [1.82, 2.24) is 9.88 Å². The third-order valence-corrected chi connectivity index (χ3v) is 4.14. The molecule has 1 saturated heterocycles. The number of fused-ring (bicyclic) bond motifs is 1. The van der Waals surface area contributed by atoms with Crippen molar-refractivity contribution in [2.45, 2.75) is 19.3 Å². The second-order valence-electron chi connectivity index (χ2n) is 5.84. The Labute approximate surface area is 148 Å². The van der Waals surface area contributed by atoms with Gasteiger partial charge in [0, 0.05) is 43.5 Å². The number of anilines is 1. The molecule has 9 nitrogen and oxygen atoms in total. The van der Waals surface area contributed by atoms with Crippen LogP contribution in [0.2, 0.25) is 0 Å². The quantitative estimate of drug-likeness (QED) is 0.364. The van der Waals surface area contributed by atoms with Crippen LogP contribution in [0, 0.1) is 21.4 Å². The summed E-state index contributed by atoms with van der Waals surface area (Å²) in [5, 5.41) is 23.7. The molecule has 1 aromatic carbocycles. The lowest BCUT2D eigenvalue weighted by atomic mass is 10.1. The molecule has 9 heteroatoms. The van der Waals surface area contributed by atoms with E-state index < -0.39 is 4.92 Å². The van der Waals surface area contributed by atoms with Crippen LogP contribution in [-0.2, 0) is 9.59 Å². The largest absolute Gasteiger partial charge is 0.370 e. The molecule has 0 saturated carbocycles. The van der Waals surface area contributed by atoms with E-state index in [-0.39, 0.29) is 35.9 Å². The Hall–Kier alpha value is -3.54. The van der Waals surface area contributed by atoms with Crippen molar-refractivity contribution >= 4 is 34.2 Å². The van der Waals surface area contributed by atoms with Gasteiger partial charge in [-0.3, -0.25) is 24.6 Å². The van der Waals surface area contributed by atoms with E-state index in [1.54, 1.807) is 0 Å². The van der Waals surface area contributed by atoms with Crippen LogP contribution in [0.1, 0.15) is 24.8 Å². The van der Waals surface area contributed by atoms with Gasteiger partial charge in [0.1, 0.15) is 5.82 Å². The first-order chi connectivity index (χ1) is 12.5. The number of benzene rings is 1. The first-order valence-electron chi connectivity index (χ1n) is 8.06. The fraction of sp³-hybridized carbons (Fsp3) is 0.294. The molecule has 3 rings (SSSR count). The Balaban J connectivity index is 1.69. The third-order valence-electron chi connectivity index (χ3n) is 4.14. The van der Waals surface area contributed by atoms with Crippen LogP contribution in [-0.4, -0.2) is 39.7 Å². The number of likely N-dealkylation sites (tertiary alicyclic amines) is 1. The monoisotopic (exact) mass is 353 g/mol. The van der Waals surface area contributed by atoms with Crippen LogP contribution in [0.25, 0.3) is 10.9 Å². The van der Waals surface area contributed by atoms with Crippen LogP contribution in [0.3, 0.4) is 0 Å². The molecule has 0 radical (unpaired) electrons. The van der Waals surface area contributed by atoms with E-state index in [0.717, 1.165) is 0 Å². The number of nitro groups is 1. The van der Waals surface area contributed by atoms with Crippen LogP contribution in [0.4, 0.5) is 11.5 Å². The first-order valence-corrected chi connectivity index (χ1v) is 8.06. The van der Waals surface area contributed by atoms with E-state index in [0.29, 0.717) is 36.2 Å². The molecule has 2 aromatic rings. The van der Waals surface area contributed by atoms with Crippen molar-refractivity contribution in [1.29, 1.82) is 5.26 Å². The van der Waals surface area contributed by atoms with Gasteiger partial charge >= 0.3 is 0 Å². The number of imide groups is 1. The molecule has 1 aliphatic rings. The summed E-state index contributed by atoms with van der Waals surface area (Å²) in [7, 11) is 0.